The van der Waals surface area contributed by atoms with Crippen molar-refractivity contribution in [1.29, 1.82) is 0 Å². The van der Waals surface area contributed by atoms with E-state index in [2.05, 4.69) is 5.32 Å². The number of benzene rings is 1. The van der Waals surface area contributed by atoms with Crippen LogP contribution in [0.4, 0.5) is 17.6 Å². The van der Waals surface area contributed by atoms with Crippen LogP contribution in [0.3, 0.4) is 0 Å². The van der Waals surface area contributed by atoms with Crippen molar-refractivity contribution < 1.29 is 27.4 Å². The van der Waals surface area contributed by atoms with Crippen molar-refractivity contribution in [2.75, 3.05) is 20.2 Å². The quantitative estimate of drug-likeness (QED) is 0.599. The van der Waals surface area contributed by atoms with Crippen molar-refractivity contribution in [1.82, 2.24) is 5.32 Å². The van der Waals surface area contributed by atoms with E-state index in [1.54, 1.807) is 6.07 Å². The zero-order valence-corrected chi connectivity index (χ0v) is 12.8. The summed E-state index contributed by atoms with van der Waals surface area (Å²) in [6.45, 7) is 2.07. The molecule has 0 radical (unpaired) electrons. The van der Waals surface area contributed by atoms with Crippen molar-refractivity contribution >= 4 is 0 Å². The number of methoxy groups -OCH3 is 1. The molecule has 2 N–H and O–H groups in total. The summed E-state index contributed by atoms with van der Waals surface area (Å²) in [5.74, 6) is -1.43. The van der Waals surface area contributed by atoms with E-state index < -0.39 is 30.1 Å². The van der Waals surface area contributed by atoms with Crippen LogP contribution < -0.4 is 10.1 Å². The van der Waals surface area contributed by atoms with Crippen LogP contribution in [0, 0.1) is 11.7 Å². The van der Waals surface area contributed by atoms with Crippen LogP contribution in [0.5, 0.6) is 5.75 Å². The minimum Gasteiger partial charge on any atom is -0.494 e. The number of ether oxygens (including phenoxy) is 1. The number of aliphatic hydroxyl groups is 1. The van der Waals surface area contributed by atoms with E-state index in [1.807, 2.05) is 0 Å². The lowest BCUT2D eigenvalue weighted by Crippen LogP contribution is -2.56. The summed E-state index contributed by atoms with van der Waals surface area (Å²) in [5.41, 5.74) is -2.47. The predicted molar refractivity (Wildman–Crippen MR) is 75.4 cm³/mol. The predicted octanol–water partition coefficient (Wildman–Crippen LogP) is 2.92. The van der Waals surface area contributed by atoms with Gasteiger partial charge in [-0.05, 0) is 30.5 Å². The van der Waals surface area contributed by atoms with Gasteiger partial charge in [0.2, 0.25) is 0 Å². The van der Waals surface area contributed by atoms with E-state index in [1.165, 1.54) is 33.1 Å². The molecule has 1 rings (SSSR count). The Morgan fingerprint density at radius 1 is 1.27 bits per heavy atom. The van der Waals surface area contributed by atoms with E-state index >= 15 is 0 Å². The second-order valence-electron chi connectivity index (χ2n) is 5.44. The lowest BCUT2D eigenvalue weighted by atomic mass is 9.89. The van der Waals surface area contributed by atoms with Gasteiger partial charge in [0.25, 0.3) is 0 Å². The number of rotatable bonds is 7. The standard InChI is InChI=1S/C15H21F4NO2/c1-10(2)14(21,15(17,18)19)9-20-8-7-11-5-4-6-12(22-3)13(11)16/h4-6,10,20-21H,7-9H2,1-3H3. The van der Waals surface area contributed by atoms with Crippen molar-refractivity contribution in [3.05, 3.63) is 29.6 Å². The van der Waals surface area contributed by atoms with Gasteiger partial charge in [0.1, 0.15) is 0 Å². The monoisotopic (exact) mass is 323 g/mol. The Hall–Kier alpha value is -1.34. The summed E-state index contributed by atoms with van der Waals surface area (Å²) >= 11 is 0. The zero-order chi connectivity index (χ0) is 17.0. The highest BCUT2D eigenvalue weighted by Gasteiger charge is 2.55. The van der Waals surface area contributed by atoms with Crippen LogP contribution in [0.25, 0.3) is 0 Å². The molecule has 0 heterocycles. The number of hydrogen-bond donors (Lipinski definition) is 2. The van der Waals surface area contributed by atoms with Gasteiger partial charge >= 0.3 is 6.18 Å². The maximum atomic E-state index is 13.9. The Morgan fingerprint density at radius 2 is 1.91 bits per heavy atom. The highest BCUT2D eigenvalue weighted by atomic mass is 19.4. The van der Waals surface area contributed by atoms with Gasteiger partial charge in [0.05, 0.1) is 7.11 Å². The molecule has 0 saturated carbocycles. The molecule has 0 aromatic heterocycles. The zero-order valence-electron chi connectivity index (χ0n) is 12.8. The summed E-state index contributed by atoms with van der Waals surface area (Å²) in [5, 5.41) is 12.3. The van der Waals surface area contributed by atoms with Gasteiger partial charge in [-0.1, -0.05) is 26.0 Å². The number of alkyl halides is 3. The molecule has 0 saturated heterocycles. The molecule has 1 atom stereocenters. The van der Waals surface area contributed by atoms with E-state index in [4.69, 9.17) is 4.74 Å². The molecule has 126 valence electrons. The summed E-state index contributed by atoms with van der Waals surface area (Å²) in [6.07, 6.45) is -4.54. The molecule has 1 aromatic rings. The average Bonchev–Trinajstić information content (AvgIpc) is 2.43. The molecule has 1 unspecified atom stereocenters. The molecular weight excluding hydrogens is 302 g/mol. The van der Waals surface area contributed by atoms with Gasteiger partial charge in [0.15, 0.2) is 17.2 Å². The van der Waals surface area contributed by atoms with Gasteiger partial charge < -0.3 is 15.2 Å². The molecule has 0 spiro atoms. The van der Waals surface area contributed by atoms with E-state index in [-0.39, 0.29) is 18.7 Å². The normalized spacial score (nSPS) is 15.0. The maximum Gasteiger partial charge on any atom is 0.418 e. The van der Waals surface area contributed by atoms with Crippen LogP contribution in [-0.4, -0.2) is 37.1 Å². The molecule has 0 bridgehead atoms. The molecule has 0 amide bonds. The third-order valence-corrected chi connectivity index (χ3v) is 3.67. The van der Waals surface area contributed by atoms with Gasteiger partial charge in [-0.25, -0.2) is 4.39 Å². The molecule has 0 fully saturated rings. The topological polar surface area (TPSA) is 41.5 Å². The first kappa shape index (κ1) is 18.7. The molecule has 1 aromatic carbocycles. The molecule has 0 aliphatic carbocycles. The number of nitrogens with one attached hydrogen (secondary N) is 1. The summed E-state index contributed by atoms with van der Waals surface area (Å²) in [6, 6.07) is 4.61. The largest absolute Gasteiger partial charge is 0.494 e. The molecule has 3 nitrogen and oxygen atoms in total. The fourth-order valence-electron chi connectivity index (χ4n) is 2.04. The highest BCUT2D eigenvalue weighted by Crippen LogP contribution is 2.35. The minimum atomic E-state index is -4.73. The smallest absolute Gasteiger partial charge is 0.418 e. The van der Waals surface area contributed by atoms with Gasteiger partial charge in [-0.2, -0.15) is 13.2 Å². The first-order valence-electron chi connectivity index (χ1n) is 6.94. The van der Waals surface area contributed by atoms with E-state index in [0.717, 1.165) is 0 Å². The molecular formula is C15H21F4NO2. The Labute approximate surface area is 127 Å². The van der Waals surface area contributed by atoms with Crippen LogP contribution in [0.15, 0.2) is 18.2 Å². The third kappa shape index (κ3) is 4.10. The second kappa shape index (κ2) is 7.28. The Morgan fingerprint density at radius 3 is 2.41 bits per heavy atom. The van der Waals surface area contributed by atoms with E-state index in [0.29, 0.717) is 5.56 Å². The molecule has 22 heavy (non-hydrogen) atoms. The van der Waals surface area contributed by atoms with Crippen LogP contribution >= 0.6 is 0 Å². The highest BCUT2D eigenvalue weighted by molar-refractivity contribution is 5.31. The maximum absolute atomic E-state index is 13.9. The first-order chi connectivity index (χ1) is 10.1. The van der Waals surface area contributed by atoms with Crippen molar-refractivity contribution in [2.45, 2.75) is 32.0 Å². The Balaban J connectivity index is 2.62. The average molecular weight is 323 g/mol. The van der Waals surface area contributed by atoms with Gasteiger partial charge in [-0.15, -0.1) is 0 Å². The molecule has 0 aliphatic rings. The lowest BCUT2D eigenvalue weighted by Gasteiger charge is -2.34. The fourth-order valence-corrected chi connectivity index (χ4v) is 2.04. The van der Waals surface area contributed by atoms with Crippen LogP contribution in [0.1, 0.15) is 19.4 Å². The Bertz CT molecular complexity index is 491. The fraction of sp³-hybridized carbons (Fsp3) is 0.600. The molecule has 7 heteroatoms. The lowest BCUT2D eigenvalue weighted by molar-refractivity contribution is -0.273. The number of halogens is 4. The van der Waals surface area contributed by atoms with Gasteiger partial charge in [0, 0.05) is 6.54 Å². The van der Waals surface area contributed by atoms with E-state index in [9.17, 15) is 22.7 Å². The third-order valence-electron chi connectivity index (χ3n) is 3.67. The SMILES string of the molecule is COc1cccc(CCNCC(O)(C(C)C)C(F)(F)F)c1F. The molecule has 0 aliphatic heterocycles. The Kier molecular flexibility index (Phi) is 6.19. The summed E-state index contributed by atoms with van der Waals surface area (Å²) < 4.78 is 57.4. The number of hydrogen-bond acceptors (Lipinski definition) is 3. The summed E-state index contributed by atoms with van der Waals surface area (Å²) in [7, 11) is 1.34. The van der Waals surface area contributed by atoms with Crippen LogP contribution in [-0.2, 0) is 6.42 Å². The van der Waals surface area contributed by atoms with Crippen molar-refractivity contribution in [3.8, 4) is 5.75 Å². The van der Waals surface area contributed by atoms with Gasteiger partial charge in [-0.3, -0.25) is 0 Å². The first-order valence-corrected chi connectivity index (χ1v) is 6.94. The van der Waals surface area contributed by atoms with Crippen molar-refractivity contribution in [3.63, 3.8) is 0 Å². The minimum absolute atomic E-state index is 0.0893. The van der Waals surface area contributed by atoms with Crippen molar-refractivity contribution in [2.24, 2.45) is 5.92 Å². The van der Waals surface area contributed by atoms with Crippen LogP contribution in [0.2, 0.25) is 0 Å². The second-order valence-corrected chi connectivity index (χ2v) is 5.44. The summed E-state index contributed by atoms with van der Waals surface area (Å²) in [4.78, 5) is 0.